The van der Waals surface area contributed by atoms with Crippen LogP contribution in [-0.2, 0) is 4.79 Å². The summed E-state index contributed by atoms with van der Waals surface area (Å²) in [6, 6.07) is 22.6. The lowest BCUT2D eigenvalue weighted by Gasteiger charge is -2.18. The lowest BCUT2D eigenvalue weighted by atomic mass is 10.1. The average Bonchev–Trinajstić information content (AvgIpc) is 2.80. The van der Waals surface area contributed by atoms with Crippen LogP contribution in [0.4, 0.5) is 5.69 Å². The Morgan fingerprint density at radius 1 is 1.00 bits per heavy atom. The first-order valence-electron chi connectivity index (χ1n) is 10.6. The highest BCUT2D eigenvalue weighted by molar-refractivity contribution is 8.00. The standard InChI is InChI=1S/C26H25N3O2S/c1-4-23(24(30)27-19-15-14-17(2)18(3)16-19)32-26-28-22-13-9-8-12-21(22)25(31)29(26)20-10-6-5-7-11-20/h5-16,23H,4H2,1-3H3,(H,27,30). The molecule has 3 aromatic carbocycles. The number of amides is 1. The number of aromatic nitrogens is 2. The molecule has 0 saturated heterocycles. The molecule has 0 aliphatic heterocycles. The maximum atomic E-state index is 13.4. The summed E-state index contributed by atoms with van der Waals surface area (Å²) < 4.78 is 1.60. The fourth-order valence-electron chi connectivity index (χ4n) is 3.49. The van der Waals surface area contributed by atoms with E-state index in [1.165, 1.54) is 17.3 Å². The van der Waals surface area contributed by atoms with Crippen molar-refractivity contribution in [1.82, 2.24) is 9.55 Å². The van der Waals surface area contributed by atoms with E-state index in [-0.39, 0.29) is 11.5 Å². The number of nitrogens with zero attached hydrogens (tertiary/aromatic N) is 2. The normalized spacial score (nSPS) is 12.0. The van der Waals surface area contributed by atoms with Crippen LogP contribution in [0.5, 0.6) is 0 Å². The van der Waals surface area contributed by atoms with Crippen LogP contribution in [0.2, 0.25) is 0 Å². The van der Waals surface area contributed by atoms with E-state index in [1.807, 2.05) is 87.5 Å². The molecule has 5 nitrogen and oxygen atoms in total. The van der Waals surface area contributed by atoms with Crippen LogP contribution < -0.4 is 10.9 Å². The third kappa shape index (κ3) is 4.46. The summed E-state index contributed by atoms with van der Waals surface area (Å²) in [5.41, 5.74) is 4.27. The molecule has 1 unspecified atom stereocenters. The number of hydrogen-bond acceptors (Lipinski definition) is 4. The molecular weight excluding hydrogens is 418 g/mol. The SMILES string of the molecule is CCC(Sc1nc2ccccc2c(=O)n1-c1ccccc1)C(=O)Nc1ccc(C)c(C)c1. The second-order valence-corrected chi connectivity index (χ2v) is 8.86. The molecule has 0 aliphatic carbocycles. The van der Waals surface area contributed by atoms with E-state index < -0.39 is 5.25 Å². The second-order valence-electron chi connectivity index (χ2n) is 7.69. The Morgan fingerprint density at radius 3 is 2.44 bits per heavy atom. The van der Waals surface area contributed by atoms with Crippen LogP contribution in [0.25, 0.3) is 16.6 Å². The van der Waals surface area contributed by atoms with E-state index in [0.717, 1.165) is 16.9 Å². The lowest BCUT2D eigenvalue weighted by molar-refractivity contribution is -0.115. The van der Waals surface area contributed by atoms with Crippen molar-refractivity contribution in [3.8, 4) is 5.69 Å². The van der Waals surface area contributed by atoms with Gasteiger partial charge in [-0.05, 0) is 67.8 Å². The average molecular weight is 444 g/mol. The Labute approximate surface area is 191 Å². The van der Waals surface area contributed by atoms with Crippen LogP contribution >= 0.6 is 11.8 Å². The van der Waals surface area contributed by atoms with Gasteiger partial charge in [0.1, 0.15) is 0 Å². The Morgan fingerprint density at radius 2 is 1.72 bits per heavy atom. The molecule has 1 heterocycles. The zero-order valence-corrected chi connectivity index (χ0v) is 19.1. The number of carbonyl (C=O) groups is 1. The fourth-order valence-corrected chi connectivity index (χ4v) is 4.52. The van der Waals surface area contributed by atoms with Gasteiger partial charge in [-0.25, -0.2) is 4.98 Å². The predicted octanol–water partition coefficient (Wildman–Crippen LogP) is 5.51. The number of rotatable bonds is 6. The molecule has 0 saturated carbocycles. The molecule has 0 fully saturated rings. The van der Waals surface area contributed by atoms with E-state index >= 15 is 0 Å². The first-order valence-corrected chi connectivity index (χ1v) is 11.5. The number of anilines is 1. The summed E-state index contributed by atoms with van der Waals surface area (Å²) in [5, 5.41) is 3.67. The third-order valence-corrected chi connectivity index (χ3v) is 6.76. The lowest BCUT2D eigenvalue weighted by Crippen LogP contribution is -2.27. The maximum Gasteiger partial charge on any atom is 0.266 e. The predicted molar refractivity (Wildman–Crippen MR) is 132 cm³/mol. The molecule has 1 N–H and O–H groups in total. The molecule has 4 rings (SSSR count). The molecule has 0 bridgehead atoms. The van der Waals surface area contributed by atoms with Gasteiger partial charge >= 0.3 is 0 Å². The first kappa shape index (κ1) is 21.8. The second kappa shape index (κ2) is 9.40. The summed E-state index contributed by atoms with van der Waals surface area (Å²) in [5.74, 6) is -0.109. The van der Waals surface area contributed by atoms with Crippen LogP contribution in [0.15, 0.2) is 82.7 Å². The monoisotopic (exact) mass is 443 g/mol. The van der Waals surface area contributed by atoms with Gasteiger partial charge in [-0.1, -0.05) is 55.1 Å². The molecule has 4 aromatic rings. The van der Waals surface area contributed by atoms with Crippen molar-refractivity contribution < 1.29 is 4.79 Å². The Balaban J connectivity index is 1.72. The number of para-hydroxylation sites is 2. The molecule has 0 aliphatic rings. The van der Waals surface area contributed by atoms with Gasteiger partial charge in [0, 0.05) is 5.69 Å². The summed E-state index contributed by atoms with van der Waals surface area (Å²) in [6.45, 7) is 6.03. The van der Waals surface area contributed by atoms with Gasteiger partial charge in [-0.3, -0.25) is 14.2 Å². The van der Waals surface area contributed by atoms with E-state index in [2.05, 4.69) is 5.32 Å². The van der Waals surface area contributed by atoms with Crippen LogP contribution in [0, 0.1) is 13.8 Å². The highest BCUT2D eigenvalue weighted by Gasteiger charge is 2.23. The van der Waals surface area contributed by atoms with Crippen molar-refractivity contribution in [3.05, 3.63) is 94.3 Å². The largest absolute Gasteiger partial charge is 0.325 e. The van der Waals surface area contributed by atoms with Gasteiger partial charge in [-0.15, -0.1) is 0 Å². The van der Waals surface area contributed by atoms with Crippen molar-refractivity contribution in [1.29, 1.82) is 0 Å². The van der Waals surface area contributed by atoms with E-state index in [1.54, 1.807) is 10.6 Å². The molecule has 0 radical (unpaired) electrons. The number of nitrogens with one attached hydrogen (secondary N) is 1. The number of benzene rings is 3. The van der Waals surface area contributed by atoms with E-state index in [9.17, 15) is 9.59 Å². The minimum atomic E-state index is -0.403. The van der Waals surface area contributed by atoms with Crippen molar-refractivity contribution in [2.45, 2.75) is 37.6 Å². The van der Waals surface area contributed by atoms with E-state index in [4.69, 9.17) is 4.98 Å². The zero-order valence-electron chi connectivity index (χ0n) is 18.3. The fraction of sp³-hybridized carbons (Fsp3) is 0.192. The van der Waals surface area contributed by atoms with Crippen LogP contribution in [0.3, 0.4) is 0 Å². The van der Waals surface area contributed by atoms with Gasteiger partial charge in [0.25, 0.3) is 5.56 Å². The minimum Gasteiger partial charge on any atom is -0.325 e. The van der Waals surface area contributed by atoms with Crippen LogP contribution in [0.1, 0.15) is 24.5 Å². The maximum absolute atomic E-state index is 13.4. The summed E-state index contributed by atoms with van der Waals surface area (Å²) in [7, 11) is 0. The Hall–Kier alpha value is -3.38. The molecular formula is C26H25N3O2S. The van der Waals surface area contributed by atoms with E-state index in [0.29, 0.717) is 22.5 Å². The Bertz CT molecular complexity index is 1330. The van der Waals surface area contributed by atoms with Gasteiger partial charge in [0.2, 0.25) is 5.91 Å². The summed E-state index contributed by atoms with van der Waals surface area (Å²) in [4.78, 5) is 31.2. The van der Waals surface area contributed by atoms with Crippen molar-refractivity contribution in [3.63, 3.8) is 0 Å². The van der Waals surface area contributed by atoms with Crippen molar-refractivity contribution in [2.24, 2.45) is 0 Å². The van der Waals surface area contributed by atoms with Crippen molar-refractivity contribution in [2.75, 3.05) is 5.32 Å². The Kier molecular flexibility index (Phi) is 6.42. The third-order valence-electron chi connectivity index (χ3n) is 5.44. The number of thioether (sulfide) groups is 1. The molecule has 32 heavy (non-hydrogen) atoms. The molecule has 1 aromatic heterocycles. The number of carbonyl (C=O) groups excluding carboxylic acids is 1. The highest BCUT2D eigenvalue weighted by atomic mass is 32.2. The quantitative estimate of drug-likeness (QED) is 0.315. The number of fused-ring (bicyclic) bond motifs is 1. The minimum absolute atomic E-state index is 0.109. The molecule has 6 heteroatoms. The topological polar surface area (TPSA) is 64.0 Å². The smallest absolute Gasteiger partial charge is 0.266 e. The number of aryl methyl sites for hydroxylation is 2. The molecule has 1 atom stereocenters. The van der Waals surface area contributed by atoms with Gasteiger partial charge in [0.15, 0.2) is 5.16 Å². The first-order chi connectivity index (χ1) is 15.5. The highest BCUT2D eigenvalue weighted by Crippen LogP contribution is 2.28. The van der Waals surface area contributed by atoms with Crippen LogP contribution in [-0.4, -0.2) is 20.7 Å². The zero-order chi connectivity index (χ0) is 22.7. The van der Waals surface area contributed by atoms with Gasteiger partial charge < -0.3 is 5.32 Å². The molecule has 0 spiro atoms. The van der Waals surface area contributed by atoms with Gasteiger partial charge in [0.05, 0.1) is 21.8 Å². The number of hydrogen-bond donors (Lipinski definition) is 1. The summed E-state index contributed by atoms with van der Waals surface area (Å²) >= 11 is 1.31. The summed E-state index contributed by atoms with van der Waals surface area (Å²) in [6.07, 6.45) is 0.596. The van der Waals surface area contributed by atoms with Gasteiger partial charge in [-0.2, -0.15) is 0 Å². The molecule has 162 valence electrons. The molecule has 1 amide bonds. The van der Waals surface area contributed by atoms with Crippen molar-refractivity contribution >= 4 is 34.3 Å².